The first-order valence-electron chi connectivity index (χ1n) is 7.69. The molecule has 1 aromatic carbocycles. The molecule has 1 heterocycles. The van der Waals surface area contributed by atoms with Gasteiger partial charge in [-0.15, -0.1) is 0 Å². The summed E-state index contributed by atoms with van der Waals surface area (Å²) in [5, 5.41) is 0. The Kier molecular flexibility index (Phi) is 4.73. The molecule has 0 saturated heterocycles. The minimum atomic E-state index is -0.121. The van der Waals surface area contributed by atoms with Crippen molar-refractivity contribution >= 4 is 0 Å². The van der Waals surface area contributed by atoms with E-state index in [0.717, 1.165) is 35.6 Å². The lowest BCUT2D eigenvalue weighted by Crippen LogP contribution is -2.30. The molecule has 3 heteroatoms. The van der Waals surface area contributed by atoms with Gasteiger partial charge >= 0.3 is 0 Å². The first-order chi connectivity index (χ1) is 10.1. The predicted octanol–water partition coefficient (Wildman–Crippen LogP) is 3.66. The van der Waals surface area contributed by atoms with E-state index >= 15 is 0 Å². The quantitative estimate of drug-likeness (QED) is 0.911. The van der Waals surface area contributed by atoms with E-state index in [4.69, 9.17) is 15.7 Å². The highest BCUT2D eigenvalue weighted by Gasteiger charge is 2.34. The highest BCUT2D eigenvalue weighted by molar-refractivity contribution is 5.35. The fourth-order valence-corrected chi connectivity index (χ4v) is 3.11. The molecule has 112 valence electrons. The van der Waals surface area contributed by atoms with Crippen molar-refractivity contribution in [3.63, 3.8) is 0 Å². The van der Waals surface area contributed by atoms with E-state index in [9.17, 15) is 0 Å². The summed E-state index contributed by atoms with van der Waals surface area (Å²) in [5.41, 5.74) is 10.0. The Balaban J connectivity index is 2.64. The molecule has 2 N–H and O–H groups in total. The molecule has 3 nitrogen and oxygen atoms in total. The number of benzene rings is 1. The number of rotatable bonds is 5. The van der Waals surface area contributed by atoms with Gasteiger partial charge in [-0.05, 0) is 32.3 Å². The van der Waals surface area contributed by atoms with Gasteiger partial charge in [0.15, 0.2) is 0 Å². The van der Waals surface area contributed by atoms with Crippen LogP contribution in [0.3, 0.4) is 0 Å². The Morgan fingerprint density at radius 2 is 1.48 bits per heavy atom. The molecule has 2 aromatic rings. The highest BCUT2D eigenvalue weighted by Crippen LogP contribution is 2.37. The van der Waals surface area contributed by atoms with E-state index < -0.39 is 0 Å². The minimum Gasteiger partial charge on any atom is -0.326 e. The van der Waals surface area contributed by atoms with Crippen LogP contribution in [0.2, 0.25) is 0 Å². The van der Waals surface area contributed by atoms with Crippen molar-refractivity contribution < 1.29 is 0 Å². The Morgan fingerprint density at radius 1 is 0.952 bits per heavy atom. The van der Waals surface area contributed by atoms with E-state index in [1.165, 1.54) is 5.56 Å². The second kappa shape index (κ2) is 6.35. The molecule has 21 heavy (non-hydrogen) atoms. The van der Waals surface area contributed by atoms with Crippen molar-refractivity contribution in [1.82, 2.24) is 9.97 Å². The van der Waals surface area contributed by atoms with Crippen LogP contribution in [0.5, 0.6) is 0 Å². The second-order valence-corrected chi connectivity index (χ2v) is 5.56. The smallest absolute Gasteiger partial charge is 0.139 e. The molecule has 0 atom stereocenters. The summed E-state index contributed by atoms with van der Waals surface area (Å²) in [4.78, 5) is 9.61. The van der Waals surface area contributed by atoms with Gasteiger partial charge in [0.1, 0.15) is 5.82 Å². The standard InChI is InChI=1S/C18H25N3/c1-5-18(6-2,15-10-8-7-9-11-15)17-20-13(3)16(12-19)14(4)21-17/h7-11H,5-6,12,19H2,1-4H3. The van der Waals surface area contributed by atoms with Crippen molar-refractivity contribution in [2.75, 3.05) is 0 Å². The summed E-state index contributed by atoms with van der Waals surface area (Å²) in [6.45, 7) is 8.97. The third kappa shape index (κ3) is 2.70. The lowest BCUT2D eigenvalue weighted by molar-refractivity contribution is 0.446. The Labute approximate surface area is 127 Å². The molecule has 0 spiro atoms. The molecule has 0 aliphatic rings. The number of aryl methyl sites for hydroxylation is 2. The summed E-state index contributed by atoms with van der Waals surface area (Å²) >= 11 is 0. The van der Waals surface area contributed by atoms with Crippen molar-refractivity contribution in [1.29, 1.82) is 0 Å². The van der Waals surface area contributed by atoms with E-state index in [1.54, 1.807) is 0 Å². The molecule has 2 rings (SSSR count). The van der Waals surface area contributed by atoms with E-state index in [1.807, 2.05) is 13.8 Å². The molecule has 0 amide bonds. The van der Waals surface area contributed by atoms with E-state index in [-0.39, 0.29) is 5.41 Å². The van der Waals surface area contributed by atoms with Gasteiger partial charge < -0.3 is 5.73 Å². The average molecular weight is 283 g/mol. The first kappa shape index (κ1) is 15.6. The molecule has 0 fully saturated rings. The van der Waals surface area contributed by atoms with Crippen molar-refractivity contribution in [3.8, 4) is 0 Å². The number of nitrogens with zero attached hydrogens (tertiary/aromatic N) is 2. The maximum absolute atomic E-state index is 5.81. The van der Waals surface area contributed by atoms with Crippen molar-refractivity contribution in [2.24, 2.45) is 5.73 Å². The fourth-order valence-electron chi connectivity index (χ4n) is 3.11. The molecule has 0 unspecified atom stereocenters. The Bertz CT molecular complexity index is 578. The second-order valence-electron chi connectivity index (χ2n) is 5.56. The number of hydrogen-bond acceptors (Lipinski definition) is 3. The highest BCUT2D eigenvalue weighted by atomic mass is 14.9. The predicted molar refractivity (Wildman–Crippen MR) is 87.2 cm³/mol. The summed E-state index contributed by atoms with van der Waals surface area (Å²) in [5.74, 6) is 0.922. The van der Waals surface area contributed by atoms with Gasteiger partial charge in [-0.2, -0.15) is 0 Å². The van der Waals surface area contributed by atoms with Gasteiger partial charge in [0.05, 0.1) is 5.41 Å². The largest absolute Gasteiger partial charge is 0.326 e. The molecular weight excluding hydrogens is 258 g/mol. The maximum Gasteiger partial charge on any atom is 0.139 e. The fraction of sp³-hybridized carbons (Fsp3) is 0.444. The van der Waals surface area contributed by atoms with Crippen LogP contribution in [-0.2, 0) is 12.0 Å². The van der Waals surface area contributed by atoms with Crippen LogP contribution in [0, 0.1) is 13.8 Å². The van der Waals surface area contributed by atoms with Crippen LogP contribution in [-0.4, -0.2) is 9.97 Å². The van der Waals surface area contributed by atoms with Crippen LogP contribution in [0.25, 0.3) is 0 Å². The lowest BCUT2D eigenvalue weighted by Gasteiger charge is -2.31. The van der Waals surface area contributed by atoms with Gasteiger partial charge in [-0.3, -0.25) is 0 Å². The van der Waals surface area contributed by atoms with E-state index in [0.29, 0.717) is 6.54 Å². The first-order valence-corrected chi connectivity index (χ1v) is 7.69. The van der Waals surface area contributed by atoms with Gasteiger partial charge in [0, 0.05) is 23.5 Å². The molecule has 0 radical (unpaired) electrons. The zero-order valence-corrected chi connectivity index (χ0v) is 13.5. The van der Waals surface area contributed by atoms with Crippen LogP contribution in [0.4, 0.5) is 0 Å². The number of aromatic nitrogens is 2. The molecule has 0 aliphatic carbocycles. The minimum absolute atomic E-state index is 0.121. The monoisotopic (exact) mass is 283 g/mol. The Morgan fingerprint density at radius 3 is 1.90 bits per heavy atom. The number of hydrogen-bond donors (Lipinski definition) is 1. The van der Waals surface area contributed by atoms with Crippen LogP contribution in [0.1, 0.15) is 55.0 Å². The third-order valence-electron chi connectivity index (χ3n) is 4.59. The lowest BCUT2D eigenvalue weighted by atomic mass is 9.75. The summed E-state index contributed by atoms with van der Waals surface area (Å²) < 4.78 is 0. The van der Waals surface area contributed by atoms with E-state index in [2.05, 4.69) is 44.2 Å². The number of nitrogens with two attached hydrogens (primary N) is 1. The maximum atomic E-state index is 5.81. The molecule has 0 aliphatic heterocycles. The average Bonchev–Trinajstić information content (AvgIpc) is 2.50. The molecular formula is C18H25N3. The molecule has 0 bridgehead atoms. The summed E-state index contributed by atoms with van der Waals surface area (Å²) in [7, 11) is 0. The van der Waals surface area contributed by atoms with Crippen molar-refractivity contribution in [3.05, 3.63) is 58.7 Å². The van der Waals surface area contributed by atoms with Gasteiger partial charge in [0.25, 0.3) is 0 Å². The topological polar surface area (TPSA) is 51.8 Å². The molecule has 0 saturated carbocycles. The van der Waals surface area contributed by atoms with Crippen LogP contribution in [0.15, 0.2) is 30.3 Å². The zero-order chi connectivity index (χ0) is 15.5. The SMILES string of the molecule is CCC(CC)(c1ccccc1)c1nc(C)c(CN)c(C)n1. The van der Waals surface area contributed by atoms with Gasteiger partial charge in [-0.25, -0.2) is 9.97 Å². The van der Waals surface area contributed by atoms with Gasteiger partial charge in [0.2, 0.25) is 0 Å². The van der Waals surface area contributed by atoms with Crippen LogP contribution >= 0.6 is 0 Å². The normalized spacial score (nSPS) is 11.7. The molecule has 1 aromatic heterocycles. The summed E-state index contributed by atoms with van der Waals surface area (Å²) in [6.07, 6.45) is 1.96. The van der Waals surface area contributed by atoms with Crippen LogP contribution < -0.4 is 5.73 Å². The zero-order valence-electron chi connectivity index (χ0n) is 13.5. The Hall–Kier alpha value is -1.74. The summed E-state index contributed by atoms with van der Waals surface area (Å²) in [6, 6.07) is 10.6. The van der Waals surface area contributed by atoms with Gasteiger partial charge in [-0.1, -0.05) is 44.2 Å². The van der Waals surface area contributed by atoms with Crippen molar-refractivity contribution in [2.45, 2.75) is 52.5 Å². The third-order valence-corrected chi connectivity index (χ3v) is 4.59.